The highest BCUT2D eigenvalue weighted by atomic mass is 32.1. The fraction of sp³-hybridized carbons (Fsp3) is 0.174. The predicted octanol–water partition coefficient (Wildman–Crippen LogP) is 4.43. The third kappa shape index (κ3) is 3.34. The minimum Gasteiger partial charge on any atom is -0.365 e. The van der Waals surface area contributed by atoms with Gasteiger partial charge in [-0.05, 0) is 54.7 Å². The molecule has 0 unspecified atom stereocenters. The number of hydrogen-bond donors (Lipinski definition) is 1. The van der Waals surface area contributed by atoms with Gasteiger partial charge in [-0.1, -0.05) is 0 Å². The molecule has 0 fully saturated rings. The van der Waals surface area contributed by atoms with Gasteiger partial charge in [0.1, 0.15) is 22.8 Å². The monoisotopic (exact) mass is 425 g/mol. The van der Waals surface area contributed by atoms with Crippen molar-refractivity contribution in [3.05, 3.63) is 77.6 Å². The van der Waals surface area contributed by atoms with E-state index < -0.39 is 0 Å². The van der Waals surface area contributed by atoms with Crippen molar-refractivity contribution < 1.29 is 0 Å². The van der Waals surface area contributed by atoms with Crippen LogP contribution in [0.2, 0.25) is 0 Å². The van der Waals surface area contributed by atoms with Crippen LogP contribution in [0.1, 0.15) is 22.4 Å². The number of rotatable bonds is 5. The molecule has 152 valence electrons. The number of aromatic nitrogens is 6. The summed E-state index contributed by atoms with van der Waals surface area (Å²) >= 11 is 1.80. The first kappa shape index (κ1) is 18.1. The van der Waals surface area contributed by atoms with E-state index in [4.69, 9.17) is 9.97 Å². The summed E-state index contributed by atoms with van der Waals surface area (Å²) in [6, 6.07) is 8.00. The second-order valence-electron chi connectivity index (χ2n) is 7.52. The van der Waals surface area contributed by atoms with Crippen LogP contribution in [-0.2, 0) is 19.4 Å². The molecule has 0 atom stereocenters. The summed E-state index contributed by atoms with van der Waals surface area (Å²) < 4.78 is 1.90. The molecular weight excluding hydrogens is 406 g/mol. The van der Waals surface area contributed by atoms with Gasteiger partial charge in [0.15, 0.2) is 5.82 Å². The maximum atomic E-state index is 4.92. The van der Waals surface area contributed by atoms with Gasteiger partial charge >= 0.3 is 0 Å². The third-order valence-electron chi connectivity index (χ3n) is 5.52. The lowest BCUT2D eigenvalue weighted by Gasteiger charge is -2.11. The second kappa shape index (κ2) is 7.55. The highest BCUT2D eigenvalue weighted by Gasteiger charge is 2.22. The summed E-state index contributed by atoms with van der Waals surface area (Å²) in [7, 11) is 0. The second-order valence-corrected chi connectivity index (χ2v) is 8.60. The van der Waals surface area contributed by atoms with Crippen molar-refractivity contribution in [2.75, 3.05) is 5.32 Å². The van der Waals surface area contributed by atoms with E-state index in [9.17, 15) is 0 Å². The number of hydrogen-bond acceptors (Lipinski definition) is 7. The van der Waals surface area contributed by atoms with Gasteiger partial charge in [-0.15, -0.1) is 11.3 Å². The molecule has 8 heteroatoms. The van der Waals surface area contributed by atoms with Crippen LogP contribution in [0.4, 0.5) is 5.82 Å². The quantitative estimate of drug-likeness (QED) is 0.448. The molecule has 1 N–H and O–H groups in total. The SMILES string of the molecule is c1cncc(-c2nc(NCc3ccnc(-n4ccnc4)c3)c3c4c(sc3n2)CCC4)c1. The average Bonchev–Trinajstić information content (AvgIpc) is 3.56. The minimum absolute atomic E-state index is 0.646. The van der Waals surface area contributed by atoms with E-state index >= 15 is 0 Å². The van der Waals surface area contributed by atoms with Gasteiger partial charge in [-0.3, -0.25) is 9.55 Å². The normalized spacial score (nSPS) is 12.9. The van der Waals surface area contributed by atoms with Gasteiger partial charge in [0, 0.05) is 48.0 Å². The third-order valence-corrected chi connectivity index (χ3v) is 6.71. The number of thiophene rings is 1. The number of aryl methyl sites for hydroxylation is 2. The lowest BCUT2D eigenvalue weighted by Crippen LogP contribution is -2.05. The molecule has 5 aromatic rings. The van der Waals surface area contributed by atoms with Crippen LogP contribution in [0.15, 0.2) is 61.6 Å². The van der Waals surface area contributed by atoms with Crippen molar-refractivity contribution in [3.63, 3.8) is 0 Å². The summed E-state index contributed by atoms with van der Waals surface area (Å²) in [4.78, 5) is 25.1. The Balaban J connectivity index is 1.38. The van der Waals surface area contributed by atoms with Gasteiger partial charge in [-0.2, -0.15) is 0 Å². The van der Waals surface area contributed by atoms with Gasteiger partial charge in [0.25, 0.3) is 0 Å². The Morgan fingerprint density at radius 1 is 1.06 bits per heavy atom. The molecule has 0 aromatic carbocycles. The van der Waals surface area contributed by atoms with Crippen LogP contribution in [-0.4, -0.2) is 29.5 Å². The van der Waals surface area contributed by atoms with Gasteiger partial charge in [0.05, 0.1) is 5.39 Å². The number of pyridine rings is 2. The zero-order chi connectivity index (χ0) is 20.6. The van der Waals surface area contributed by atoms with Crippen molar-refractivity contribution in [2.24, 2.45) is 0 Å². The average molecular weight is 426 g/mol. The Hall–Kier alpha value is -3.65. The van der Waals surface area contributed by atoms with Crippen LogP contribution in [0.25, 0.3) is 27.4 Å². The highest BCUT2D eigenvalue weighted by Crippen LogP contribution is 2.40. The van der Waals surface area contributed by atoms with Gasteiger partial charge < -0.3 is 5.32 Å². The van der Waals surface area contributed by atoms with Gasteiger partial charge in [-0.25, -0.2) is 19.9 Å². The van der Waals surface area contributed by atoms with Crippen LogP contribution in [0.5, 0.6) is 0 Å². The van der Waals surface area contributed by atoms with Crippen molar-refractivity contribution in [2.45, 2.75) is 25.8 Å². The van der Waals surface area contributed by atoms with E-state index in [1.165, 1.54) is 22.2 Å². The molecule has 0 radical (unpaired) electrons. The number of nitrogens with zero attached hydrogens (tertiary/aromatic N) is 6. The molecule has 1 aliphatic rings. The van der Waals surface area contributed by atoms with E-state index in [0.29, 0.717) is 12.4 Å². The van der Waals surface area contributed by atoms with E-state index in [-0.39, 0.29) is 0 Å². The Labute approximate surface area is 182 Å². The fourth-order valence-electron chi connectivity index (χ4n) is 4.04. The number of nitrogens with one attached hydrogen (secondary N) is 1. The molecule has 31 heavy (non-hydrogen) atoms. The molecule has 6 rings (SSSR count). The van der Waals surface area contributed by atoms with Crippen molar-refractivity contribution in [1.29, 1.82) is 0 Å². The largest absolute Gasteiger partial charge is 0.365 e. The van der Waals surface area contributed by atoms with Crippen LogP contribution < -0.4 is 5.32 Å². The molecule has 1 aliphatic carbocycles. The standard InChI is InChI=1S/C23H19N7S/c1-4-17-18(5-1)31-23-20(17)22(28-21(29-23)16-3-2-7-24-13-16)27-12-15-6-8-26-19(11-15)30-10-9-25-14-30/h2-3,6-11,13-14H,1,4-5,12H2,(H,27,28,29). The summed E-state index contributed by atoms with van der Waals surface area (Å²) in [5.74, 6) is 2.44. The van der Waals surface area contributed by atoms with Crippen molar-refractivity contribution >= 4 is 27.4 Å². The lowest BCUT2D eigenvalue weighted by molar-refractivity contribution is 0.917. The first-order valence-corrected chi connectivity index (χ1v) is 11.1. The lowest BCUT2D eigenvalue weighted by atomic mass is 10.1. The first-order valence-electron chi connectivity index (χ1n) is 10.2. The fourth-order valence-corrected chi connectivity index (χ4v) is 5.30. The van der Waals surface area contributed by atoms with E-state index in [1.807, 2.05) is 41.4 Å². The molecule has 5 aromatic heterocycles. The maximum Gasteiger partial charge on any atom is 0.164 e. The Kier molecular flexibility index (Phi) is 4.42. The molecule has 0 bridgehead atoms. The van der Waals surface area contributed by atoms with Crippen LogP contribution in [0, 0.1) is 0 Å². The van der Waals surface area contributed by atoms with Crippen molar-refractivity contribution in [3.8, 4) is 17.2 Å². The molecule has 0 saturated carbocycles. The number of anilines is 1. The summed E-state index contributed by atoms with van der Waals surface area (Å²) in [6.45, 7) is 0.646. The summed E-state index contributed by atoms with van der Waals surface area (Å²) in [5.41, 5.74) is 3.46. The van der Waals surface area contributed by atoms with E-state index in [1.54, 1.807) is 30.1 Å². The zero-order valence-corrected chi connectivity index (χ0v) is 17.5. The Morgan fingerprint density at radius 2 is 2.06 bits per heavy atom. The molecule has 7 nitrogen and oxygen atoms in total. The smallest absolute Gasteiger partial charge is 0.164 e. The zero-order valence-electron chi connectivity index (χ0n) is 16.7. The van der Waals surface area contributed by atoms with Crippen molar-refractivity contribution in [1.82, 2.24) is 29.5 Å². The predicted molar refractivity (Wildman–Crippen MR) is 121 cm³/mol. The number of imidazole rings is 1. The van der Waals surface area contributed by atoms with E-state index in [2.05, 4.69) is 26.3 Å². The Bertz CT molecular complexity index is 1360. The van der Waals surface area contributed by atoms with E-state index in [0.717, 1.165) is 40.4 Å². The van der Waals surface area contributed by atoms with Crippen LogP contribution >= 0.6 is 11.3 Å². The first-order chi connectivity index (χ1) is 15.3. The Morgan fingerprint density at radius 3 is 2.94 bits per heavy atom. The number of fused-ring (bicyclic) bond motifs is 3. The highest BCUT2D eigenvalue weighted by molar-refractivity contribution is 7.19. The summed E-state index contributed by atoms with van der Waals surface area (Å²) in [5, 5.41) is 4.76. The molecule has 0 amide bonds. The van der Waals surface area contributed by atoms with Gasteiger partial charge in [0.2, 0.25) is 0 Å². The molecule has 0 spiro atoms. The molecular formula is C23H19N7S. The minimum atomic E-state index is 0.646. The topological polar surface area (TPSA) is 81.4 Å². The van der Waals surface area contributed by atoms with Crippen LogP contribution in [0.3, 0.4) is 0 Å². The molecule has 5 heterocycles. The molecule has 0 saturated heterocycles. The summed E-state index contributed by atoms with van der Waals surface area (Å²) in [6.07, 6.45) is 14.2. The molecule has 0 aliphatic heterocycles. The maximum absolute atomic E-state index is 4.92.